The van der Waals surface area contributed by atoms with E-state index in [1.54, 1.807) is 19.2 Å². The van der Waals surface area contributed by atoms with Gasteiger partial charge in [0.15, 0.2) is 0 Å². The summed E-state index contributed by atoms with van der Waals surface area (Å²) in [6.45, 7) is 1.86. The average Bonchev–Trinajstić information content (AvgIpc) is 2.49. The van der Waals surface area contributed by atoms with Crippen molar-refractivity contribution in [3.63, 3.8) is 0 Å². The van der Waals surface area contributed by atoms with Crippen LogP contribution in [-0.2, 0) is 24.4 Å². The highest BCUT2D eigenvalue weighted by atomic mass is 35.5. The van der Waals surface area contributed by atoms with E-state index in [0.717, 1.165) is 11.1 Å². The van der Waals surface area contributed by atoms with Crippen LogP contribution in [0.3, 0.4) is 0 Å². The number of hydrogen-bond acceptors (Lipinski definition) is 2. The molecule has 0 saturated heterocycles. The molecule has 112 valence electrons. The van der Waals surface area contributed by atoms with Crippen molar-refractivity contribution in [1.82, 2.24) is 5.32 Å². The predicted molar refractivity (Wildman–Crippen MR) is 89.2 cm³/mol. The zero-order valence-corrected chi connectivity index (χ0v) is 13.9. The quantitative estimate of drug-likeness (QED) is 0.738. The smallest absolute Gasteiger partial charge is 0.0716 e. The first-order valence-corrected chi connectivity index (χ1v) is 7.65. The number of ether oxygens (including phenoxy) is 1. The summed E-state index contributed by atoms with van der Waals surface area (Å²) in [6, 6.07) is 11.6. The molecule has 0 aliphatic heterocycles. The van der Waals surface area contributed by atoms with Crippen LogP contribution in [-0.4, -0.2) is 7.11 Å². The molecule has 0 spiro atoms. The molecule has 0 saturated carbocycles. The minimum absolute atomic E-state index is 0.502. The molecule has 0 heterocycles. The van der Waals surface area contributed by atoms with E-state index < -0.39 is 0 Å². The Morgan fingerprint density at radius 3 is 2.29 bits per heavy atom. The van der Waals surface area contributed by atoms with E-state index in [9.17, 15) is 0 Å². The summed E-state index contributed by atoms with van der Waals surface area (Å²) in [7, 11) is 1.69. The second kappa shape index (κ2) is 8.02. The second-order valence-electron chi connectivity index (χ2n) is 4.63. The Balaban J connectivity index is 2.04. The fourth-order valence-corrected chi connectivity index (χ4v) is 2.76. The molecule has 2 aromatic carbocycles. The van der Waals surface area contributed by atoms with Crippen molar-refractivity contribution in [3.05, 3.63) is 68.2 Å². The molecular formula is C16H16Cl3NO. The van der Waals surface area contributed by atoms with Gasteiger partial charge in [-0.3, -0.25) is 0 Å². The molecule has 0 bridgehead atoms. The number of benzene rings is 2. The van der Waals surface area contributed by atoms with Gasteiger partial charge < -0.3 is 10.1 Å². The molecule has 5 heteroatoms. The maximum absolute atomic E-state index is 6.18. The summed E-state index contributed by atoms with van der Waals surface area (Å²) >= 11 is 18.4. The van der Waals surface area contributed by atoms with Crippen molar-refractivity contribution in [2.75, 3.05) is 7.11 Å². The van der Waals surface area contributed by atoms with E-state index in [4.69, 9.17) is 39.5 Å². The highest BCUT2D eigenvalue weighted by Crippen LogP contribution is 2.31. The van der Waals surface area contributed by atoms with Crippen LogP contribution in [0.1, 0.15) is 16.7 Å². The van der Waals surface area contributed by atoms with Crippen molar-refractivity contribution < 1.29 is 4.74 Å². The van der Waals surface area contributed by atoms with Gasteiger partial charge in [0.25, 0.3) is 0 Å². The number of rotatable bonds is 6. The van der Waals surface area contributed by atoms with Crippen LogP contribution in [0.5, 0.6) is 0 Å². The molecule has 2 rings (SSSR count). The highest BCUT2D eigenvalue weighted by Gasteiger charge is 2.09. The third-order valence-electron chi connectivity index (χ3n) is 3.17. The van der Waals surface area contributed by atoms with E-state index in [-0.39, 0.29) is 0 Å². The third-order valence-corrected chi connectivity index (χ3v) is 4.37. The number of methoxy groups -OCH3 is 1. The van der Waals surface area contributed by atoms with E-state index >= 15 is 0 Å². The van der Waals surface area contributed by atoms with Gasteiger partial charge in [-0.2, -0.15) is 0 Å². The topological polar surface area (TPSA) is 21.3 Å². The van der Waals surface area contributed by atoms with Crippen molar-refractivity contribution in [3.8, 4) is 0 Å². The summed E-state index contributed by atoms with van der Waals surface area (Å²) in [5.74, 6) is 0. The van der Waals surface area contributed by atoms with Gasteiger partial charge in [-0.25, -0.2) is 0 Å². The minimum atomic E-state index is 0.502. The third kappa shape index (κ3) is 4.35. The van der Waals surface area contributed by atoms with Gasteiger partial charge in [-0.15, -0.1) is 0 Å². The maximum Gasteiger partial charge on any atom is 0.0716 e. The van der Waals surface area contributed by atoms with Crippen molar-refractivity contribution >= 4 is 34.8 Å². The van der Waals surface area contributed by atoms with Crippen LogP contribution in [0.15, 0.2) is 36.4 Å². The van der Waals surface area contributed by atoms with Gasteiger partial charge in [0, 0.05) is 30.8 Å². The van der Waals surface area contributed by atoms with Gasteiger partial charge in [-0.05, 0) is 23.3 Å². The lowest BCUT2D eigenvalue weighted by Crippen LogP contribution is -2.15. The average molecular weight is 345 g/mol. The Morgan fingerprint density at radius 1 is 0.905 bits per heavy atom. The second-order valence-corrected chi connectivity index (χ2v) is 5.82. The normalized spacial score (nSPS) is 10.9. The van der Waals surface area contributed by atoms with Crippen LogP contribution in [0, 0.1) is 0 Å². The lowest BCUT2D eigenvalue weighted by Gasteiger charge is -2.12. The van der Waals surface area contributed by atoms with Crippen LogP contribution in [0.4, 0.5) is 0 Å². The van der Waals surface area contributed by atoms with E-state index in [0.29, 0.717) is 34.8 Å². The lowest BCUT2D eigenvalue weighted by molar-refractivity contribution is 0.184. The molecule has 0 fully saturated rings. The number of halogens is 3. The fourth-order valence-electron chi connectivity index (χ4n) is 2.08. The van der Waals surface area contributed by atoms with Gasteiger partial charge >= 0.3 is 0 Å². The Hall–Kier alpha value is -0.770. The molecule has 21 heavy (non-hydrogen) atoms. The standard InChI is InChI=1S/C16H16Cl3NO/c1-21-10-12-5-3-2-4-11(12)8-20-9-13-14(17)6-7-15(18)16(13)19/h2-7,20H,8-10H2,1H3. The maximum atomic E-state index is 6.18. The number of hydrogen-bond donors (Lipinski definition) is 1. The molecule has 0 amide bonds. The molecule has 2 nitrogen and oxygen atoms in total. The summed E-state index contributed by atoms with van der Waals surface area (Å²) in [4.78, 5) is 0. The lowest BCUT2D eigenvalue weighted by atomic mass is 10.1. The fraction of sp³-hybridized carbons (Fsp3) is 0.250. The minimum Gasteiger partial charge on any atom is -0.380 e. The molecule has 1 N–H and O–H groups in total. The van der Waals surface area contributed by atoms with Crippen LogP contribution in [0.25, 0.3) is 0 Å². The molecule has 0 atom stereocenters. The predicted octanol–water partition coefficient (Wildman–Crippen LogP) is 5.08. The zero-order valence-electron chi connectivity index (χ0n) is 11.6. The molecular weight excluding hydrogens is 329 g/mol. The first-order chi connectivity index (χ1) is 10.1. The van der Waals surface area contributed by atoms with Crippen molar-refractivity contribution in [2.45, 2.75) is 19.7 Å². The largest absolute Gasteiger partial charge is 0.380 e. The van der Waals surface area contributed by atoms with E-state index in [2.05, 4.69) is 17.4 Å². The monoisotopic (exact) mass is 343 g/mol. The Labute approximate surface area is 140 Å². The van der Waals surface area contributed by atoms with E-state index in [1.165, 1.54) is 5.56 Å². The Bertz CT molecular complexity index is 616. The molecule has 0 aromatic heterocycles. The van der Waals surface area contributed by atoms with Gasteiger partial charge in [0.1, 0.15) is 0 Å². The summed E-state index contributed by atoms with van der Waals surface area (Å²) in [6.07, 6.45) is 0. The van der Waals surface area contributed by atoms with Gasteiger partial charge in [0.05, 0.1) is 16.7 Å². The number of nitrogens with one attached hydrogen (secondary N) is 1. The summed E-state index contributed by atoms with van der Waals surface area (Å²) < 4.78 is 5.20. The zero-order chi connectivity index (χ0) is 15.2. The SMILES string of the molecule is COCc1ccccc1CNCc1c(Cl)ccc(Cl)c1Cl. The molecule has 0 aliphatic carbocycles. The summed E-state index contributed by atoms with van der Waals surface area (Å²) in [5.41, 5.74) is 3.17. The molecule has 0 radical (unpaired) electrons. The summed E-state index contributed by atoms with van der Waals surface area (Å²) in [5, 5.41) is 4.97. The van der Waals surface area contributed by atoms with Crippen molar-refractivity contribution in [2.24, 2.45) is 0 Å². The Kier molecular flexibility index (Phi) is 6.34. The van der Waals surface area contributed by atoms with Crippen molar-refractivity contribution in [1.29, 1.82) is 0 Å². The van der Waals surface area contributed by atoms with Crippen LogP contribution < -0.4 is 5.32 Å². The van der Waals surface area contributed by atoms with Crippen LogP contribution in [0.2, 0.25) is 15.1 Å². The van der Waals surface area contributed by atoms with E-state index in [1.807, 2.05) is 12.1 Å². The van der Waals surface area contributed by atoms with Gasteiger partial charge in [0.2, 0.25) is 0 Å². The highest BCUT2D eigenvalue weighted by molar-refractivity contribution is 6.44. The molecule has 0 unspecified atom stereocenters. The first-order valence-electron chi connectivity index (χ1n) is 6.52. The molecule has 2 aromatic rings. The Morgan fingerprint density at radius 2 is 1.57 bits per heavy atom. The molecule has 0 aliphatic rings. The van der Waals surface area contributed by atoms with Crippen LogP contribution >= 0.6 is 34.8 Å². The first kappa shape index (κ1) is 16.6. The van der Waals surface area contributed by atoms with Gasteiger partial charge in [-0.1, -0.05) is 59.1 Å².